The summed E-state index contributed by atoms with van der Waals surface area (Å²) in [7, 11) is 0. The minimum absolute atomic E-state index is 0.285. The Morgan fingerprint density at radius 1 is 1.29 bits per heavy atom. The van der Waals surface area contributed by atoms with Gasteiger partial charge in [-0.15, -0.1) is 0 Å². The van der Waals surface area contributed by atoms with E-state index in [1.54, 1.807) is 13.0 Å². The van der Waals surface area contributed by atoms with E-state index in [2.05, 4.69) is 0 Å². The molecule has 0 aliphatic carbocycles. The summed E-state index contributed by atoms with van der Waals surface area (Å²) in [6, 6.07) is 7.29. The second-order valence-electron chi connectivity index (χ2n) is 3.24. The van der Waals surface area contributed by atoms with Crippen LogP contribution in [-0.4, -0.2) is 12.3 Å². The lowest BCUT2D eigenvalue weighted by Gasteiger charge is -2.13. The fourth-order valence-corrected chi connectivity index (χ4v) is 1.53. The predicted molar refractivity (Wildman–Crippen MR) is 50.6 cm³/mol. The van der Waals surface area contributed by atoms with Crippen molar-refractivity contribution in [2.45, 2.75) is 19.1 Å². The van der Waals surface area contributed by atoms with E-state index in [0.29, 0.717) is 5.69 Å². The third-order valence-electron chi connectivity index (χ3n) is 2.23. The van der Waals surface area contributed by atoms with Gasteiger partial charge >= 0.3 is 6.16 Å². The molecule has 1 heterocycles. The van der Waals surface area contributed by atoms with E-state index >= 15 is 0 Å². The highest BCUT2D eigenvalue weighted by Gasteiger charge is 2.35. The average molecular weight is 193 g/mol. The number of para-hydroxylation sites is 1. The molecule has 0 radical (unpaired) electrons. The van der Waals surface area contributed by atoms with Crippen LogP contribution in [0, 0.1) is 0 Å². The van der Waals surface area contributed by atoms with Gasteiger partial charge in [0.2, 0.25) is 0 Å². The van der Waals surface area contributed by atoms with Gasteiger partial charge in [0, 0.05) is 11.3 Å². The SMILES string of the molecule is CC1OC(=O)OC1c1ccccc1N. The Balaban J connectivity index is 2.32. The second kappa shape index (κ2) is 3.21. The lowest BCUT2D eigenvalue weighted by molar-refractivity contribution is 0.117. The number of ether oxygens (including phenoxy) is 2. The fraction of sp³-hybridized carbons (Fsp3) is 0.300. The van der Waals surface area contributed by atoms with Crippen molar-refractivity contribution in [1.29, 1.82) is 0 Å². The molecule has 1 aromatic rings. The van der Waals surface area contributed by atoms with Crippen molar-refractivity contribution in [1.82, 2.24) is 0 Å². The number of nitrogen functional groups attached to an aromatic ring is 1. The largest absolute Gasteiger partial charge is 0.509 e. The monoisotopic (exact) mass is 193 g/mol. The molecule has 1 aliphatic rings. The number of hydrogen-bond acceptors (Lipinski definition) is 4. The molecular formula is C10H11NO3. The van der Waals surface area contributed by atoms with Crippen LogP contribution >= 0.6 is 0 Å². The molecular weight excluding hydrogens is 182 g/mol. The first kappa shape index (κ1) is 8.87. The Morgan fingerprint density at radius 2 is 2.00 bits per heavy atom. The summed E-state index contributed by atoms with van der Waals surface area (Å²) < 4.78 is 9.87. The summed E-state index contributed by atoms with van der Waals surface area (Å²) in [5.41, 5.74) is 7.17. The number of anilines is 1. The van der Waals surface area contributed by atoms with Gasteiger partial charge in [-0.2, -0.15) is 0 Å². The molecule has 0 amide bonds. The highest BCUT2D eigenvalue weighted by Crippen LogP contribution is 2.32. The summed E-state index contributed by atoms with van der Waals surface area (Å²) in [4.78, 5) is 10.9. The summed E-state index contributed by atoms with van der Waals surface area (Å²) in [5.74, 6) is 0. The molecule has 2 atom stereocenters. The van der Waals surface area contributed by atoms with Gasteiger partial charge in [0.1, 0.15) is 6.10 Å². The lowest BCUT2D eigenvalue weighted by atomic mass is 10.0. The van der Waals surface area contributed by atoms with Crippen LogP contribution in [0.15, 0.2) is 24.3 Å². The van der Waals surface area contributed by atoms with Crippen LogP contribution in [0.4, 0.5) is 10.5 Å². The Kier molecular flexibility index (Phi) is 2.04. The molecule has 2 unspecified atom stereocenters. The zero-order valence-electron chi connectivity index (χ0n) is 7.77. The van der Waals surface area contributed by atoms with Crippen molar-refractivity contribution in [3.05, 3.63) is 29.8 Å². The number of nitrogens with two attached hydrogens (primary N) is 1. The molecule has 2 N–H and O–H groups in total. The highest BCUT2D eigenvalue weighted by molar-refractivity contribution is 5.64. The van der Waals surface area contributed by atoms with Crippen LogP contribution in [-0.2, 0) is 9.47 Å². The van der Waals surface area contributed by atoms with Gasteiger partial charge in [0.15, 0.2) is 6.10 Å². The van der Waals surface area contributed by atoms with Crippen molar-refractivity contribution >= 4 is 11.8 Å². The molecule has 1 aliphatic heterocycles. The van der Waals surface area contributed by atoms with Crippen LogP contribution in [0.3, 0.4) is 0 Å². The summed E-state index contributed by atoms with van der Waals surface area (Å²) in [6.45, 7) is 1.78. The molecule has 4 nitrogen and oxygen atoms in total. The maximum atomic E-state index is 10.9. The topological polar surface area (TPSA) is 61.5 Å². The molecule has 0 saturated carbocycles. The van der Waals surface area contributed by atoms with Gasteiger partial charge in [0.25, 0.3) is 0 Å². The van der Waals surface area contributed by atoms with Crippen molar-refractivity contribution in [3.63, 3.8) is 0 Å². The molecule has 1 fully saturated rings. The Morgan fingerprint density at radius 3 is 2.57 bits per heavy atom. The zero-order chi connectivity index (χ0) is 10.1. The first-order chi connectivity index (χ1) is 6.68. The number of rotatable bonds is 1. The molecule has 1 saturated heterocycles. The molecule has 0 bridgehead atoms. The maximum absolute atomic E-state index is 10.9. The van der Waals surface area contributed by atoms with E-state index in [4.69, 9.17) is 15.2 Å². The maximum Gasteiger partial charge on any atom is 0.509 e. The quantitative estimate of drug-likeness (QED) is 0.546. The second-order valence-corrected chi connectivity index (χ2v) is 3.24. The number of benzene rings is 1. The molecule has 74 valence electrons. The molecule has 2 rings (SSSR count). The summed E-state index contributed by atoms with van der Waals surface area (Å²) >= 11 is 0. The fourth-order valence-electron chi connectivity index (χ4n) is 1.53. The van der Waals surface area contributed by atoms with Crippen LogP contribution in [0.2, 0.25) is 0 Å². The van der Waals surface area contributed by atoms with Gasteiger partial charge in [-0.25, -0.2) is 4.79 Å². The predicted octanol–water partition coefficient (Wildman–Crippen LogP) is 1.87. The third kappa shape index (κ3) is 1.39. The Hall–Kier alpha value is -1.71. The summed E-state index contributed by atoms with van der Waals surface area (Å²) in [6.07, 6.45) is -1.30. The highest BCUT2D eigenvalue weighted by atomic mass is 16.8. The normalized spacial score (nSPS) is 25.6. The third-order valence-corrected chi connectivity index (χ3v) is 2.23. The van der Waals surface area contributed by atoms with Gasteiger partial charge in [-0.05, 0) is 13.0 Å². The molecule has 14 heavy (non-hydrogen) atoms. The van der Waals surface area contributed by atoms with Crippen molar-refractivity contribution in [2.75, 3.05) is 5.73 Å². The molecule has 1 aromatic carbocycles. The van der Waals surface area contributed by atoms with Crippen LogP contribution in [0.25, 0.3) is 0 Å². The van der Waals surface area contributed by atoms with Crippen LogP contribution < -0.4 is 5.73 Å². The number of carbonyl (C=O) groups excluding carboxylic acids is 1. The van der Waals surface area contributed by atoms with E-state index in [1.807, 2.05) is 18.2 Å². The first-order valence-electron chi connectivity index (χ1n) is 4.40. The standard InChI is InChI=1S/C10H11NO3/c1-6-9(14-10(12)13-6)7-4-2-3-5-8(7)11/h2-6,9H,11H2,1H3. The minimum Gasteiger partial charge on any atom is -0.427 e. The van der Waals surface area contributed by atoms with Gasteiger partial charge in [-0.3, -0.25) is 0 Å². The molecule has 0 aromatic heterocycles. The van der Waals surface area contributed by atoms with E-state index in [9.17, 15) is 4.79 Å². The van der Waals surface area contributed by atoms with Gasteiger partial charge in [-0.1, -0.05) is 18.2 Å². The van der Waals surface area contributed by atoms with E-state index in [-0.39, 0.29) is 12.2 Å². The number of carbonyl (C=O) groups is 1. The van der Waals surface area contributed by atoms with E-state index in [0.717, 1.165) is 5.56 Å². The van der Waals surface area contributed by atoms with Crippen molar-refractivity contribution in [3.8, 4) is 0 Å². The van der Waals surface area contributed by atoms with E-state index < -0.39 is 6.16 Å². The minimum atomic E-state index is -0.634. The van der Waals surface area contributed by atoms with Crippen LogP contribution in [0.5, 0.6) is 0 Å². The first-order valence-corrected chi connectivity index (χ1v) is 4.40. The van der Waals surface area contributed by atoms with Crippen LogP contribution in [0.1, 0.15) is 18.6 Å². The Bertz CT molecular complexity index is 364. The number of cyclic esters (lactones) is 2. The van der Waals surface area contributed by atoms with E-state index in [1.165, 1.54) is 0 Å². The average Bonchev–Trinajstić information content (AvgIpc) is 2.46. The molecule has 0 spiro atoms. The van der Waals surface area contributed by atoms with Gasteiger partial charge < -0.3 is 15.2 Å². The van der Waals surface area contributed by atoms with Crippen molar-refractivity contribution < 1.29 is 14.3 Å². The van der Waals surface area contributed by atoms with Gasteiger partial charge in [0.05, 0.1) is 0 Å². The lowest BCUT2D eigenvalue weighted by Crippen LogP contribution is -2.12. The smallest absolute Gasteiger partial charge is 0.427 e. The number of hydrogen-bond donors (Lipinski definition) is 1. The van der Waals surface area contributed by atoms with Crippen molar-refractivity contribution in [2.24, 2.45) is 0 Å². The Labute approximate surface area is 81.6 Å². The zero-order valence-corrected chi connectivity index (χ0v) is 7.77. The summed E-state index contributed by atoms with van der Waals surface area (Å²) in [5, 5.41) is 0. The molecule has 4 heteroatoms.